The van der Waals surface area contributed by atoms with E-state index in [0.717, 1.165) is 11.3 Å². The molecule has 1 aliphatic rings. The second-order valence-electron chi connectivity index (χ2n) is 6.39. The molecule has 5 nitrogen and oxygen atoms in total. The Kier molecular flexibility index (Phi) is 4.39. The molecule has 2 heterocycles. The molecule has 1 saturated heterocycles. The molecule has 1 aliphatic heterocycles. The van der Waals surface area contributed by atoms with Crippen LogP contribution in [-0.2, 0) is 11.8 Å². The molecule has 1 atom stereocenters. The number of hydrogen-bond donors (Lipinski definition) is 0. The smallest absolute Gasteiger partial charge is 0.288 e. The number of carbonyl (C=O) groups is 1. The fourth-order valence-corrected chi connectivity index (χ4v) is 4.53. The van der Waals surface area contributed by atoms with Crippen LogP contribution in [-0.4, -0.2) is 21.0 Å². The lowest BCUT2D eigenvalue weighted by molar-refractivity contribution is -0.115. The number of anilines is 1. The number of para-hydroxylation sites is 1. The van der Waals surface area contributed by atoms with Crippen LogP contribution >= 0.6 is 11.8 Å². The van der Waals surface area contributed by atoms with E-state index in [1.165, 1.54) is 23.9 Å². The van der Waals surface area contributed by atoms with Crippen LogP contribution in [0.15, 0.2) is 59.4 Å². The first-order valence-corrected chi connectivity index (χ1v) is 9.57. The van der Waals surface area contributed by atoms with E-state index in [9.17, 15) is 14.0 Å². The highest BCUT2D eigenvalue weighted by molar-refractivity contribution is 8.00. The van der Waals surface area contributed by atoms with Gasteiger partial charge in [0.05, 0.1) is 17.1 Å². The number of halogens is 1. The van der Waals surface area contributed by atoms with Gasteiger partial charge >= 0.3 is 0 Å². The summed E-state index contributed by atoms with van der Waals surface area (Å²) in [5.41, 5.74) is 2.35. The van der Waals surface area contributed by atoms with Gasteiger partial charge < -0.3 is 0 Å². The molecule has 3 aromatic rings. The van der Waals surface area contributed by atoms with Crippen LogP contribution in [0.25, 0.3) is 5.69 Å². The third-order valence-corrected chi connectivity index (χ3v) is 6.00. The molecular weight excluding hydrogens is 365 g/mol. The summed E-state index contributed by atoms with van der Waals surface area (Å²) in [6.07, 6.45) is 0. The highest BCUT2D eigenvalue weighted by atomic mass is 32.2. The zero-order chi connectivity index (χ0) is 19.1. The van der Waals surface area contributed by atoms with Crippen LogP contribution in [0.2, 0.25) is 0 Å². The summed E-state index contributed by atoms with van der Waals surface area (Å²) in [5, 5.41) is -0.351. The first kappa shape index (κ1) is 17.6. The van der Waals surface area contributed by atoms with Gasteiger partial charge in [-0.05, 0) is 36.8 Å². The standard InChI is InChI=1S/C20H18FN3O2S/c1-13-18(19(26)24(22(13)2)16-6-4-3-5-7-16)23-17(25)12-27-20(23)14-8-10-15(21)11-9-14/h3-11,20H,12H2,1-2H3/t20-/m0/s1. The van der Waals surface area contributed by atoms with E-state index in [1.807, 2.05) is 37.3 Å². The van der Waals surface area contributed by atoms with Gasteiger partial charge in [-0.25, -0.2) is 9.07 Å². The lowest BCUT2D eigenvalue weighted by Crippen LogP contribution is -2.33. The van der Waals surface area contributed by atoms with Gasteiger partial charge in [0.25, 0.3) is 5.56 Å². The van der Waals surface area contributed by atoms with Crippen molar-refractivity contribution in [3.8, 4) is 5.69 Å². The maximum absolute atomic E-state index is 13.3. The van der Waals surface area contributed by atoms with Crippen molar-refractivity contribution < 1.29 is 9.18 Å². The van der Waals surface area contributed by atoms with Crippen LogP contribution < -0.4 is 10.5 Å². The molecule has 0 radical (unpaired) electrons. The Bertz CT molecular complexity index is 1060. The number of rotatable bonds is 3. The van der Waals surface area contributed by atoms with E-state index in [1.54, 1.807) is 33.4 Å². The molecule has 0 spiro atoms. The summed E-state index contributed by atoms with van der Waals surface area (Å²) >= 11 is 1.44. The molecule has 1 fully saturated rings. The van der Waals surface area contributed by atoms with Crippen molar-refractivity contribution in [3.05, 3.63) is 82.0 Å². The highest BCUT2D eigenvalue weighted by Gasteiger charge is 2.38. The number of thioether (sulfide) groups is 1. The lowest BCUT2D eigenvalue weighted by atomic mass is 10.2. The van der Waals surface area contributed by atoms with Gasteiger partial charge in [-0.2, -0.15) is 0 Å². The fourth-order valence-electron chi connectivity index (χ4n) is 3.37. The second kappa shape index (κ2) is 6.74. The van der Waals surface area contributed by atoms with E-state index in [0.29, 0.717) is 11.4 Å². The molecule has 0 N–H and O–H groups in total. The maximum Gasteiger partial charge on any atom is 0.295 e. The number of carbonyl (C=O) groups excluding carboxylic acids is 1. The van der Waals surface area contributed by atoms with Crippen LogP contribution in [0, 0.1) is 12.7 Å². The zero-order valence-electron chi connectivity index (χ0n) is 14.9. The molecule has 4 rings (SSSR count). The molecule has 27 heavy (non-hydrogen) atoms. The molecular formula is C20H18FN3O2S. The van der Waals surface area contributed by atoms with Crippen LogP contribution in [0.5, 0.6) is 0 Å². The third kappa shape index (κ3) is 2.88. The Labute approximate surface area is 160 Å². The van der Waals surface area contributed by atoms with Crippen molar-refractivity contribution in [2.45, 2.75) is 12.3 Å². The first-order valence-electron chi connectivity index (χ1n) is 8.52. The highest BCUT2D eigenvalue weighted by Crippen LogP contribution is 2.41. The average molecular weight is 383 g/mol. The number of amides is 1. The molecule has 1 amide bonds. The second-order valence-corrected chi connectivity index (χ2v) is 7.46. The van der Waals surface area contributed by atoms with Crippen LogP contribution in [0.4, 0.5) is 10.1 Å². The summed E-state index contributed by atoms with van der Waals surface area (Å²) in [7, 11) is 1.80. The molecule has 2 aromatic carbocycles. The van der Waals surface area contributed by atoms with Gasteiger partial charge in [0.2, 0.25) is 5.91 Å². The topological polar surface area (TPSA) is 47.2 Å². The quantitative estimate of drug-likeness (QED) is 0.696. The molecule has 0 bridgehead atoms. The Balaban J connectivity index is 1.86. The van der Waals surface area contributed by atoms with Crippen molar-refractivity contribution in [1.29, 1.82) is 0 Å². The van der Waals surface area contributed by atoms with E-state index < -0.39 is 0 Å². The fraction of sp³-hybridized carbons (Fsp3) is 0.200. The summed E-state index contributed by atoms with van der Waals surface area (Å²) in [6.45, 7) is 1.83. The van der Waals surface area contributed by atoms with Crippen molar-refractivity contribution in [2.75, 3.05) is 10.7 Å². The minimum absolute atomic E-state index is 0.125. The molecule has 0 aliphatic carbocycles. The van der Waals surface area contributed by atoms with Crippen LogP contribution in [0.3, 0.4) is 0 Å². The van der Waals surface area contributed by atoms with Gasteiger partial charge in [-0.15, -0.1) is 11.8 Å². The number of benzene rings is 2. The van der Waals surface area contributed by atoms with E-state index in [4.69, 9.17) is 0 Å². The van der Waals surface area contributed by atoms with Crippen molar-refractivity contribution >= 4 is 23.4 Å². The number of hydrogen-bond acceptors (Lipinski definition) is 3. The summed E-state index contributed by atoms with van der Waals surface area (Å²) in [5.74, 6) is -0.177. The largest absolute Gasteiger partial charge is 0.295 e. The predicted molar refractivity (Wildman–Crippen MR) is 105 cm³/mol. The molecule has 1 aromatic heterocycles. The average Bonchev–Trinajstić information content (AvgIpc) is 3.14. The Morgan fingerprint density at radius 1 is 1.04 bits per heavy atom. The molecule has 0 unspecified atom stereocenters. The summed E-state index contributed by atoms with van der Waals surface area (Å²) < 4.78 is 16.6. The number of nitrogens with zero attached hydrogens (tertiary/aromatic N) is 3. The summed E-state index contributed by atoms with van der Waals surface area (Å²) in [6, 6.07) is 15.4. The Morgan fingerprint density at radius 2 is 1.70 bits per heavy atom. The Hall–Kier alpha value is -2.80. The predicted octanol–water partition coefficient (Wildman–Crippen LogP) is 3.40. The van der Waals surface area contributed by atoms with E-state index >= 15 is 0 Å². The van der Waals surface area contributed by atoms with Gasteiger partial charge in [-0.3, -0.25) is 19.2 Å². The van der Waals surface area contributed by atoms with E-state index in [2.05, 4.69) is 0 Å². The van der Waals surface area contributed by atoms with Gasteiger partial charge in [0, 0.05) is 7.05 Å². The summed E-state index contributed by atoms with van der Waals surface area (Å²) in [4.78, 5) is 27.5. The SMILES string of the molecule is Cc1c(N2C(=O)CS[C@H]2c2ccc(F)cc2)c(=O)n(-c2ccccc2)n1C. The van der Waals surface area contributed by atoms with Gasteiger partial charge in [-0.1, -0.05) is 30.3 Å². The molecule has 0 saturated carbocycles. The lowest BCUT2D eigenvalue weighted by Gasteiger charge is -2.23. The molecule has 7 heteroatoms. The monoisotopic (exact) mass is 383 g/mol. The minimum atomic E-state index is -0.351. The van der Waals surface area contributed by atoms with E-state index in [-0.39, 0.29) is 28.4 Å². The van der Waals surface area contributed by atoms with Crippen molar-refractivity contribution in [3.63, 3.8) is 0 Å². The van der Waals surface area contributed by atoms with Crippen LogP contribution in [0.1, 0.15) is 16.6 Å². The molecule has 138 valence electrons. The maximum atomic E-state index is 13.3. The third-order valence-electron chi connectivity index (χ3n) is 4.79. The van der Waals surface area contributed by atoms with Crippen molar-refractivity contribution in [2.24, 2.45) is 7.05 Å². The minimum Gasteiger partial charge on any atom is -0.288 e. The first-order chi connectivity index (χ1) is 13.0. The van der Waals surface area contributed by atoms with Crippen molar-refractivity contribution in [1.82, 2.24) is 9.36 Å². The van der Waals surface area contributed by atoms with Gasteiger partial charge in [0.1, 0.15) is 16.9 Å². The number of aromatic nitrogens is 2. The zero-order valence-corrected chi connectivity index (χ0v) is 15.7. The van der Waals surface area contributed by atoms with Gasteiger partial charge in [0.15, 0.2) is 0 Å². The normalized spacial score (nSPS) is 16.9. The Morgan fingerprint density at radius 3 is 2.37 bits per heavy atom.